The molecule has 0 aliphatic rings. The Bertz CT molecular complexity index is 169. The topological polar surface area (TPSA) is 0 Å². The minimum atomic E-state index is 0.707. The van der Waals surface area contributed by atoms with E-state index in [1.54, 1.807) is 3.78 Å². The summed E-state index contributed by atoms with van der Waals surface area (Å²) in [5.74, 6) is 2.25. The van der Waals surface area contributed by atoms with Gasteiger partial charge in [0.1, 0.15) is 0 Å². The Balaban J connectivity index is 2.84. The van der Waals surface area contributed by atoms with Crippen molar-refractivity contribution in [1.82, 2.24) is 0 Å². The van der Waals surface area contributed by atoms with Gasteiger partial charge < -0.3 is 0 Å². The van der Waals surface area contributed by atoms with Crippen molar-refractivity contribution in [3.05, 3.63) is 17.0 Å². The van der Waals surface area contributed by atoms with Gasteiger partial charge in [0, 0.05) is 0 Å². The molecule has 0 unspecified atom stereocenters. The van der Waals surface area contributed by atoms with E-state index >= 15 is 0 Å². The van der Waals surface area contributed by atoms with Crippen molar-refractivity contribution in [3.8, 4) is 0 Å². The van der Waals surface area contributed by atoms with Crippen molar-refractivity contribution >= 4 is 30.1 Å². The first-order valence-electron chi connectivity index (χ1n) is 2.43. The average molecular weight is 191 g/mol. The van der Waals surface area contributed by atoms with Crippen LogP contribution in [0.2, 0.25) is 5.82 Å². The molecule has 0 aromatic carbocycles. The molecule has 0 saturated heterocycles. The van der Waals surface area contributed by atoms with E-state index in [1.165, 1.54) is 4.88 Å². The molecule has 8 heavy (non-hydrogen) atoms. The molecule has 0 radical (unpaired) electrons. The Morgan fingerprint density at radius 1 is 1.50 bits per heavy atom. The third kappa shape index (κ3) is 1.35. The molecule has 0 spiro atoms. The van der Waals surface area contributed by atoms with Crippen molar-refractivity contribution < 1.29 is 0 Å². The molecule has 0 nitrogen and oxygen atoms in total. The quantitative estimate of drug-likeness (QED) is 0.589. The normalized spacial score (nSPS) is 9.75. The summed E-state index contributed by atoms with van der Waals surface area (Å²) in [5, 5.41) is 0. The summed E-state index contributed by atoms with van der Waals surface area (Å²) in [7, 11) is 0. The second-order valence-electron chi connectivity index (χ2n) is 1.57. The Morgan fingerprint density at radius 2 is 2.25 bits per heavy atom. The van der Waals surface area contributed by atoms with Gasteiger partial charge in [-0.05, 0) is 0 Å². The van der Waals surface area contributed by atoms with Crippen LogP contribution in [0, 0.1) is 6.92 Å². The van der Waals surface area contributed by atoms with E-state index < -0.39 is 0 Å². The van der Waals surface area contributed by atoms with Crippen molar-refractivity contribution in [3.63, 3.8) is 0 Å². The second-order valence-corrected chi connectivity index (χ2v) is 5.22. The van der Waals surface area contributed by atoms with Crippen molar-refractivity contribution in [2.24, 2.45) is 0 Å². The van der Waals surface area contributed by atoms with Crippen LogP contribution in [0.3, 0.4) is 0 Å². The summed E-state index contributed by atoms with van der Waals surface area (Å²) in [6, 6.07) is 4.41. The van der Waals surface area contributed by atoms with Crippen LogP contribution in [-0.2, 0) is 0 Å². The number of hydrogen-bond acceptors (Lipinski definition) is 1. The summed E-state index contributed by atoms with van der Waals surface area (Å²) < 4.78 is 1.55. The second kappa shape index (κ2) is 2.67. The van der Waals surface area contributed by atoms with Crippen LogP contribution in [0.15, 0.2) is 12.1 Å². The SMILES string of the molecule is C[Se]c1ccc(C)s1. The number of hydrogen-bond donors (Lipinski definition) is 0. The minimum absolute atomic E-state index is 0.707. The van der Waals surface area contributed by atoms with Gasteiger partial charge in [-0.15, -0.1) is 0 Å². The Hall–Kier alpha value is 0.219. The van der Waals surface area contributed by atoms with Gasteiger partial charge in [-0.1, -0.05) is 0 Å². The third-order valence-corrected chi connectivity index (χ3v) is 4.23. The Labute approximate surface area is 60.1 Å². The summed E-state index contributed by atoms with van der Waals surface area (Å²) >= 11 is 2.62. The molecule has 0 aliphatic carbocycles. The van der Waals surface area contributed by atoms with Gasteiger partial charge >= 0.3 is 59.8 Å². The van der Waals surface area contributed by atoms with E-state index in [1.807, 2.05) is 11.3 Å². The van der Waals surface area contributed by atoms with Crippen LogP contribution in [-0.4, -0.2) is 15.0 Å². The summed E-state index contributed by atoms with van der Waals surface area (Å²) in [5.41, 5.74) is 0. The average Bonchev–Trinajstić information content (AvgIpc) is 2.14. The predicted octanol–water partition coefficient (Wildman–Crippen LogP) is 1.43. The molecule has 1 heterocycles. The third-order valence-electron chi connectivity index (χ3n) is 0.917. The number of aryl methyl sites for hydroxylation is 1. The number of thiophene rings is 1. The molecule has 0 N–H and O–H groups in total. The maximum absolute atomic E-state index is 2.25. The molecule has 0 saturated carbocycles. The molecule has 0 atom stereocenters. The van der Waals surface area contributed by atoms with Gasteiger partial charge in [-0.3, -0.25) is 0 Å². The Morgan fingerprint density at radius 3 is 2.50 bits per heavy atom. The van der Waals surface area contributed by atoms with E-state index in [4.69, 9.17) is 0 Å². The van der Waals surface area contributed by atoms with Crippen molar-refractivity contribution in [2.75, 3.05) is 0 Å². The molecule has 0 bridgehead atoms. The standard InChI is InChI=1S/C6H8SSe/c1-5-3-4-6(7-5)8-2/h3-4H,1-2H3. The summed E-state index contributed by atoms with van der Waals surface area (Å²) in [6.07, 6.45) is 0. The first-order valence-corrected chi connectivity index (χ1v) is 5.82. The fourth-order valence-corrected chi connectivity index (χ4v) is 2.97. The summed E-state index contributed by atoms with van der Waals surface area (Å²) in [6.45, 7) is 2.15. The first-order chi connectivity index (χ1) is 3.83. The molecular formula is C6H8SSe. The fourth-order valence-electron chi connectivity index (χ4n) is 0.522. The molecule has 44 valence electrons. The molecule has 2 heteroatoms. The monoisotopic (exact) mass is 192 g/mol. The van der Waals surface area contributed by atoms with Gasteiger partial charge in [0.05, 0.1) is 0 Å². The van der Waals surface area contributed by atoms with Gasteiger partial charge in [-0.2, -0.15) is 0 Å². The van der Waals surface area contributed by atoms with Gasteiger partial charge in [0.2, 0.25) is 0 Å². The Kier molecular flexibility index (Phi) is 2.12. The van der Waals surface area contributed by atoms with Crippen LogP contribution in [0.1, 0.15) is 4.88 Å². The molecule has 1 rings (SSSR count). The molecular weight excluding hydrogens is 183 g/mol. The van der Waals surface area contributed by atoms with Crippen LogP contribution < -0.4 is 3.78 Å². The van der Waals surface area contributed by atoms with Gasteiger partial charge in [0.15, 0.2) is 0 Å². The molecule has 0 amide bonds. The zero-order valence-electron chi connectivity index (χ0n) is 4.97. The van der Waals surface area contributed by atoms with Crippen molar-refractivity contribution in [2.45, 2.75) is 12.7 Å². The van der Waals surface area contributed by atoms with E-state index in [0.29, 0.717) is 15.0 Å². The molecule has 1 aromatic rings. The first kappa shape index (κ1) is 6.34. The molecule has 0 fully saturated rings. The zero-order valence-corrected chi connectivity index (χ0v) is 7.50. The van der Waals surface area contributed by atoms with Gasteiger partial charge in [0.25, 0.3) is 0 Å². The fraction of sp³-hybridized carbons (Fsp3) is 0.333. The van der Waals surface area contributed by atoms with Crippen LogP contribution in [0.25, 0.3) is 0 Å². The maximum atomic E-state index is 2.25. The van der Waals surface area contributed by atoms with E-state index in [2.05, 4.69) is 24.9 Å². The van der Waals surface area contributed by atoms with Crippen LogP contribution in [0.5, 0.6) is 0 Å². The van der Waals surface area contributed by atoms with Gasteiger partial charge in [-0.25, -0.2) is 0 Å². The van der Waals surface area contributed by atoms with Crippen molar-refractivity contribution in [1.29, 1.82) is 0 Å². The van der Waals surface area contributed by atoms with Crippen LogP contribution >= 0.6 is 11.3 Å². The van der Waals surface area contributed by atoms with E-state index in [0.717, 1.165) is 0 Å². The zero-order chi connectivity index (χ0) is 5.98. The molecule has 0 aliphatic heterocycles. The number of rotatable bonds is 1. The van der Waals surface area contributed by atoms with Crippen LogP contribution in [0.4, 0.5) is 0 Å². The predicted molar refractivity (Wildman–Crippen MR) is 40.3 cm³/mol. The van der Waals surface area contributed by atoms with E-state index in [9.17, 15) is 0 Å². The van der Waals surface area contributed by atoms with E-state index in [-0.39, 0.29) is 0 Å². The molecule has 1 aromatic heterocycles. The summed E-state index contributed by atoms with van der Waals surface area (Å²) in [4.78, 5) is 1.43.